The van der Waals surface area contributed by atoms with Crippen molar-refractivity contribution in [2.75, 3.05) is 6.54 Å². The first-order valence-electron chi connectivity index (χ1n) is 6.45. The summed E-state index contributed by atoms with van der Waals surface area (Å²) in [4.78, 5) is 0.265. The number of sulfonamides is 1. The van der Waals surface area contributed by atoms with Crippen LogP contribution < -0.4 is 10.5 Å². The zero-order valence-electron chi connectivity index (χ0n) is 11.1. The third-order valence-corrected chi connectivity index (χ3v) is 5.46. The van der Waals surface area contributed by atoms with Gasteiger partial charge in [0.05, 0.1) is 4.90 Å². The van der Waals surface area contributed by atoms with Crippen LogP contribution in [-0.2, 0) is 10.0 Å². The predicted molar refractivity (Wildman–Crippen MR) is 86.6 cm³/mol. The molecule has 1 fully saturated rings. The molecule has 2 rings (SSSR count). The third kappa shape index (κ3) is 4.70. The molecule has 7 heteroatoms. The van der Waals surface area contributed by atoms with E-state index in [-0.39, 0.29) is 17.3 Å². The molecule has 1 aromatic carbocycles. The van der Waals surface area contributed by atoms with E-state index in [4.69, 9.17) is 5.73 Å². The molecule has 3 N–H and O–H groups in total. The smallest absolute Gasteiger partial charge is 0.240 e. The van der Waals surface area contributed by atoms with Crippen LogP contribution in [0.2, 0.25) is 0 Å². The van der Waals surface area contributed by atoms with Crippen LogP contribution in [0.5, 0.6) is 0 Å². The van der Waals surface area contributed by atoms with Crippen LogP contribution in [-0.4, -0.2) is 20.5 Å². The van der Waals surface area contributed by atoms with E-state index in [1.807, 2.05) is 0 Å². The second-order valence-electron chi connectivity index (χ2n) is 5.20. The van der Waals surface area contributed by atoms with Crippen LogP contribution in [0.3, 0.4) is 0 Å². The molecule has 4 nitrogen and oxygen atoms in total. The second-order valence-corrected chi connectivity index (χ2v) is 7.89. The van der Waals surface area contributed by atoms with Crippen molar-refractivity contribution in [3.63, 3.8) is 0 Å². The van der Waals surface area contributed by atoms with Gasteiger partial charge in [-0.1, -0.05) is 41.3 Å². The van der Waals surface area contributed by atoms with Crippen molar-refractivity contribution in [3.05, 3.63) is 28.7 Å². The lowest BCUT2D eigenvalue weighted by Gasteiger charge is -2.33. The molecule has 0 atom stereocenters. The fourth-order valence-electron chi connectivity index (χ4n) is 2.39. The van der Waals surface area contributed by atoms with Gasteiger partial charge in [0.25, 0.3) is 0 Å². The van der Waals surface area contributed by atoms with Crippen LogP contribution in [0.25, 0.3) is 0 Å². The van der Waals surface area contributed by atoms with Crippen LogP contribution in [0.15, 0.2) is 33.6 Å². The standard InChI is InChI=1S/C13H19BrN2O2S.ClH/c14-11-5-4-6-12(9-11)19(17,18)16-10-13(15)7-2-1-3-8-13;/h4-6,9,16H,1-3,7-8,10,15H2;1H. The number of nitrogens with two attached hydrogens (primary N) is 1. The molecule has 0 heterocycles. The molecule has 0 amide bonds. The molecule has 0 bridgehead atoms. The van der Waals surface area contributed by atoms with Crippen molar-refractivity contribution in [1.82, 2.24) is 4.72 Å². The first-order chi connectivity index (χ1) is 8.91. The molecule has 20 heavy (non-hydrogen) atoms. The summed E-state index contributed by atoms with van der Waals surface area (Å²) < 4.78 is 27.7. The molecule has 1 aliphatic carbocycles. The Morgan fingerprint density at radius 2 is 1.90 bits per heavy atom. The molecule has 1 aliphatic rings. The zero-order valence-corrected chi connectivity index (χ0v) is 14.4. The summed E-state index contributed by atoms with van der Waals surface area (Å²) in [5.74, 6) is 0. The number of nitrogens with one attached hydrogen (secondary N) is 1. The van der Waals surface area contributed by atoms with Crippen LogP contribution in [0.1, 0.15) is 32.1 Å². The van der Waals surface area contributed by atoms with Gasteiger partial charge in [-0.05, 0) is 31.0 Å². The molecule has 0 aliphatic heterocycles. The SMILES string of the molecule is Cl.NC1(CNS(=O)(=O)c2cccc(Br)c2)CCCCC1. The van der Waals surface area contributed by atoms with Gasteiger partial charge in [-0.3, -0.25) is 0 Å². The molecule has 1 saturated carbocycles. The van der Waals surface area contributed by atoms with Crippen LogP contribution in [0.4, 0.5) is 0 Å². The largest absolute Gasteiger partial charge is 0.324 e. The van der Waals surface area contributed by atoms with Gasteiger partial charge in [-0.2, -0.15) is 0 Å². The van der Waals surface area contributed by atoms with E-state index >= 15 is 0 Å². The van der Waals surface area contributed by atoms with E-state index in [1.54, 1.807) is 24.3 Å². The lowest BCUT2D eigenvalue weighted by atomic mass is 9.83. The third-order valence-electron chi connectivity index (χ3n) is 3.57. The van der Waals surface area contributed by atoms with Gasteiger partial charge < -0.3 is 5.73 Å². The summed E-state index contributed by atoms with van der Waals surface area (Å²) in [6.07, 6.45) is 5.11. The average Bonchev–Trinajstić information content (AvgIpc) is 2.38. The Bertz CT molecular complexity index is 545. The molecule has 1 aromatic rings. The summed E-state index contributed by atoms with van der Waals surface area (Å²) in [6.45, 7) is 0.307. The van der Waals surface area contributed by atoms with Crippen LogP contribution in [0, 0.1) is 0 Å². The highest BCUT2D eigenvalue weighted by molar-refractivity contribution is 9.10. The van der Waals surface area contributed by atoms with E-state index in [2.05, 4.69) is 20.7 Å². The minimum absolute atomic E-state index is 0. The molecule has 0 saturated heterocycles. The highest BCUT2D eigenvalue weighted by atomic mass is 79.9. The van der Waals surface area contributed by atoms with E-state index in [0.717, 1.165) is 30.2 Å². The summed E-state index contributed by atoms with van der Waals surface area (Å²) in [5, 5.41) is 0. The summed E-state index contributed by atoms with van der Waals surface area (Å²) in [7, 11) is -3.48. The Balaban J connectivity index is 0.00000200. The minimum atomic E-state index is -3.48. The summed E-state index contributed by atoms with van der Waals surface area (Å²) >= 11 is 3.28. The number of rotatable bonds is 4. The topological polar surface area (TPSA) is 72.2 Å². The molecule has 0 spiro atoms. The number of benzene rings is 1. The highest BCUT2D eigenvalue weighted by Crippen LogP contribution is 2.25. The molecule has 0 unspecified atom stereocenters. The van der Waals surface area contributed by atoms with Crippen molar-refractivity contribution < 1.29 is 8.42 Å². The summed E-state index contributed by atoms with van der Waals surface area (Å²) in [6, 6.07) is 6.67. The zero-order chi connectivity index (χ0) is 13.9. The van der Waals surface area contributed by atoms with Gasteiger partial charge in [0.2, 0.25) is 10.0 Å². The fraction of sp³-hybridized carbons (Fsp3) is 0.538. The Kier molecular flexibility index (Phi) is 6.47. The number of halogens is 2. The molecule has 0 radical (unpaired) electrons. The molecule has 0 aromatic heterocycles. The van der Waals surface area contributed by atoms with Crippen molar-refractivity contribution >= 4 is 38.4 Å². The summed E-state index contributed by atoms with van der Waals surface area (Å²) in [5.41, 5.74) is 5.85. The van der Waals surface area contributed by atoms with Crippen LogP contribution >= 0.6 is 28.3 Å². The lowest BCUT2D eigenvalue weighted by Crippen LogP contribution is -2.51. The maximum atomic E-state index is 12.2. The first-order valence-corrected chi connectivity index (χ1v) is 8.73. The highest BCUT2D eigenvalue weighted by Gasteiger charge is 2.29. The van der Waals surface area contributed by atoms with E-state index in [9.17, 15) is 8.42 Å². The maximum Gasteiger partial charge on any atom is 0.240 e. The molecular formula is C13H20BrClN2O2S. The van der Waals surface area contributed by atoms with Gasteiger partial charge in [0, 0.05) is 16.6 Å². The lowest BCUT2D eigenvalue weighted by molar-refractivity contribution is 0.296. The monoisotopic (exact) mass is 382 g/mol. The maximum absolute atomic E-state index is 12.2. The van der Waals surface area contributed by atoms with Crippen molar-refractivity contribution in [3.8, 4) is 0 Å². The van der Waals surface area contributed by atoms with E-state index in [0.29, 0.717) is 6.54 Å². The quantitative estimate of drug-likeness (QED) is 0.839. The van der Waals surface area contributed by atoms with Crippen molar-refractivity contribution in [1.29, 1.82) is 0 Å². The Labute approximate surface area is 135 Å². The number of hydrogen-bond acceptors (Lipinski definition) is 3. The van der Waals surface area contributed by atoms with Crippen molar-refractivity contribution in [2.24, 2.45) is 5.73 Å². The van der Waals surface area contributed by atoms with Crippen molar-refractivity contribution in [2.45, 2.75) is 42.5 Å². The van der Waals surface area contributed by atoms with E-state index in [1.165, 1.54) is 6.42 Å². The first kappa shape index (κ1) is 17.9. The number of hydrogen-bond donors (Lipinski definition) is 2. The second kappa shape index (κ2) is 7.22. The Hall–Kier alpha value is -0.140. The minimum Gasteiger partial charge on any atom is -0.324 e. The molecule has 114 valence electrons. The molecular weight excluding hydrogens is 364 g/mol. The average molecular weight is 384 g/mol. The van der Waals surface area contributed by atoms with Gasteiger partial charge >= 0.3 is 0 Å². The van der Waals surface area contributed by atoms with Gasteiger partial charge in [0.15, 0.2) is 0 Å². The predicted octanol–water partition coefficient (Wildman–Crippen LogP) is 2.81. The Morgan fingerprint density at radius 1 is 1.25 bits per heavy atom. The van der Waals surface area contributed by atoms with Gasteiger partial charge in [-0.25, -0.2) is 13.1 Å². The van der Waals surface area contributed by atoms with E-state index < -0.39 is 15.6 Å². The Morgan fingerprint density at radius 3 is 2.50 bits per heavy atom. The van der Waals surface area contributed by atoms with Gasteiger partial charge in [-0.15, -0.1) is 12.4 Å². The normalized spacial score (nSPS) is 18.3. The fourth-order valence-corrected chi connectivity index (χ4v) is 4.12. The van der Waals surface area contributed by atoms with Gasteiger partial charge in [0.1, 0.15) is 0 Å².